The van der Waals surface area contributed by atoms with Crippen LogP contribution in [0.2, 0.25) is 5.02 Å². The zero-order valence-corrected chi connectivity index (χ0v) is 18.5. The van der Waals surface area contributed by atoms with Crippen LogP contribution in [0.25, 0.3) is 22.4 Å². The number of nitrogens with zero attached hydrogens (tertiary/aromatic N) is 3. The number of benzene rings is 1. The molecule has 3 N–H and O–H groups in total. The van der Waals surface area contributed by atoms with Gasteiger partial charge in [-0.25, -0.2) is 4.98 Å². The first kappa shape index (κ1) is 21.0. The van der Waals surface area contributed by atoms with Crippen molar-refractivity contribution < 1.29 is 14.3 Å². The number of imidazole rings is 1. The molecule has 0 atom stereocenters. The Labute approximate surface area is 191 Å². The van der Waals surface area contributed by atoms with Gasteiger partial charge in [-0.15, -0.1) is 0 Å². The van der Waals surface area contributed by atoms with Crippen molar-refractivity contribution >= 4 is 34.4 Å². The lowest BCUT2D eigenvalue weighted by Gasteiger charge is -2.28. The van der Waals surface area contributed by atoms with Gasteiger partial charge in [0.15, 0.2) is 5.65 Å². The molecule has 2 aromatic heterocycles. The van der Waals surface area contributed by atoms with Crippen LogP contribution in [0, 0.1) is 5.92 Å². The molecule has 2 aliphatic rings. The maximum atomic E-state index is 11.4. The molecule has 1 aromatic carbocycles. The Morgan fingerprint density at radius 3 is 2.53 bits per heavy atom. The van der Waals surface area contributed by atoms with Gasteiger partial charge in [0.05, 0.1) is 29.4 Å². The topological polar surface area (TPSA) is 106 Å². The first-order valence-electron chi connectivity index (χ1n) is 11.0. The Morgan fingerprint density at radius 1 is 1.12 bits per heavy atom. The highest BCUT2D eigenvalue weighted by atomic mass is 35.5. The number of amides is 1. The van der Waals surface area contributed by atoms with Crippen molar-refractivity contribution in [2.45, 2.75) is 31.8 Å². The van der Waals surface area contributed by atoms with Crippen molar-refractivity contribution in [2.24, 2.45) is 11.7 Å². The molecule has 0 spiro atoms. The zero-order chi connectivity index (χ0) is 22.1. The van der Waals surface area contributed by atoms with Gasteiger partial charge in [-0.1, -0.05) is 23.7 Å². The Kier molecular flexibility index (Phi) is 5.89. The van der Waals surface area contributed by atoms with E-state index in [-0.39, 0.29) is 17.9 Å². The largest absolute Gasteiger partial charge is 0.461 e. The van der Waals surface area contributed by atoms with Gasteiger partial charge in [-0.3, -0.25) is 4.79 Å². The molecule has 5 rings (SSSR count). The van der Waals surface area contributed by atoms with Crippen molar-refractivity contribution in [3.63, 3.8) is 0 Å². The van der Waals surface area contributed by atoms with E-state index in [9.17, 15) is 4.79 Å². The highest BCUT2D eigenvalue weighted by molar-refractivity contribution is 6.33. The molecule has 2 fully saturated rings. The maximum Gasteiger partial charge on any atom is 0.296 e. The van der Waals surface area contributed by atoms with Crippen LogP contribution in [0.15, 0.2) is 30.3 Å². The Bertz CT molecular complexity index is 1100. The molecule has 0 radical (unpaired) electrons. The number of rotatable bonds is 5. The van der Waals surface area contributed by atoms with Gasteiger partial charge >= 0.3 is 0 Å². The molecule has 168 valence electrons. The number of halogens is 1. The number of carbonyl (C=O) groups excluding carboxylic acids is 1. The summed E-state index contributed by atoms with van der Waals surface area (Å²) in [6.07, 6.45) is 3.05. The number of hydrogen-bond acceptors (Lipinski definition) is 6. The third kappa shape index (κ3) is 4.38. The summed E-state index contributed by atoms with van der Waals surface area (Å²) in [7, 11) is 0. The quantitative estimate of drug-likeness (QED) is 0.609. The van der Waals surface area contributed by atoms with E-state index in [4.69, 9.17) is 26.8 Å². The maximum absolute atomic E-state index is 11.4. The molecule has 1 saturated carbocycles. The molecule has 1 aliphatic carbocycles. The number of pyridine rings is 1. The minimum atomic E-state index is -0.225. The standard InChI is InChI=1S/C23H26ClN5O3/c24-18-13-19-22(28-23(26-19)32-17-7-3-15(4-8-17)21(25)30)27-20(18)14-1-5-16(6-2-14)29-9-11-31-12-10-29/h1-2,5-6,13,15,17H,3-4,7-12H2,(H2,25,30)(H,26,27,28). The SMILES string of the molecule is NC(=O)C1CCC(Oc2nc3nc(-c4ccc(N5CCOCC5)cc4)c(Cl)cc3[nH]2)CC1. The number of hydrogen-bond donors (Lipinski definition) is 2. The van der Waals surface area contributed by atoms with Gasteiger partial charge in [-0.05, 0) is 43.9 Å². The van der Waals surface area contributed by atoms with Crippen LogP contribution in [-0.2, 0) is 9.53 Å². The summed E-state index contributed by atoms with van der Waals surface area (Å²) in [6.45, 7) is 3.29. The molecule has 3 heterocycles. The number of H-pyrrole nitrogens is 1. The van der Waals surface area contributed by atoms with Crippen molar-refractivity contribution in [1.29, 1.82) is 0 Å². The lowest BCUT2D eigenvalue weighted by atomic mass is 9.87. The van der Waals surface area contributed by atoms with E-state index in [1.165, 1.54) is 0 Å². The fourth-order valence-electron chi connectivity index (χ4n) is 4.43. The molecular formula is C23H26ClN5O3. The van der Waals surface area contributed by atoms with Gasteiger partial charge in [0, 0.05) is 30.3 Å². The average Bonchev–Trinajstić information content (AvgIpc) is 3.20. The summed E-state index contributed by atoms with van der Waals surface area (Å²) < 4.78 is 11.4. The predicted octanol–water partition coefficient (Wildman–Crippen LogP) is 3.54. The Balaban J connectivity index is 1.32. The van der Waals surface area contributed by atoms with Crippen LogP contribution in [-0.4, -0.2) is 53.3 Å². The monoisotopic (exact) mass is 455 g/mol. The minimum Gasteiger partial charge on any atom is -0.461 e. The van der Waals surface area contributed by atoms with Gasteiger partial charge < -0.3 is 25.1 Å². The summed E-state index contributed by atoms with van der Waals surface area (Å²) >= 11 is 6.55. The number of primary amides is 1. The van der Waals surface area contributed by atoms with Crippen LogP contribution >= 0.6 is 11.6 Å². The van der Waals surface area contributed by atoms with E-state index in [2.05, 4.69) is 32.0 Å². The number of morpholine rings is 1. The number of nitrogens with two attached hydrogens (primary N) is 1. The molecule has 3 aromatic rings. The lowest BCUT2D eigenvalue weighted by Crippen LogP contribution is -2.36. The van der Waals surface area contributed by atoms with E-state index >= 15 is 0 Å². The van der Waals surface area contributed by atoms with E-state index in [0.717, 1.165) is 68.8 Å². The number of fused-ring (bicyclic) bond motifs is 1. The van der Waals surface area contributed by atoms with E-state index in [0.29, 0.717) is 22.4 Å². The first-order chi connectivity index (χ1) is 15.6. The summed E-state index contributed by atoms with van der Waals surface area (Å²) in [5, 5.41) is 0.550. The molecular weight excluding hydrogens is 430 g/mol. The molecule has 32 heavy (non-hydrogen) atoms. The van der Waals surface area contributed by atoms with Crippen molar-refractivity contribution in [3.8, 4) is 17.3 Å². The minimum absolute atomic E-state index is 0.00818. The van der Waals surface area contributed by atoms with Gasteiger partial charge in [0.1, 0.15) is 6.10 Å². The normalized spacial score (nSPS) is 21.6. The van der Waals surface area contributed by atoms with Crippen LogP contribution in [0.4, 0.5) is 5.69 Å². The fraction of sp³-hybridized carbons (Fsp3) is 0.435. The average molecular weight is 456 g/mol. The summed E-state index contributed by atoms with van der Waals surface area (Å²) in [4.78, 5) is 26.0. The van der Waals surface area contributed by atoms with Crippen molar-refractivity contribution in [1.82, 2.24) is 15.0 Å². The van der Waals surface area contributed by atoms with Gasteiger partial charge in [0.2, 0.25) is 5.91 Å². The van der Waals surface area contributed by atoms with Gasteiger partial charge in [0.25, 0.3) is 6.01 Å². The van der Waals surface area contributed by atoms with Gasteiger partial charge in [-0.2, -0.15) is 4.98 Å². The number of nitrogens with one attached hydrogen (secondary N) is 1. The third-order valence-corrected chi connectivity index (χ3v) is 6.56. The van der Waals surface area contributed by atoms with Crippen LogP contribution < -0.4 is 15.4 Å². The third-order valence-electron chi connectivity index (χ3n) is 6.28. The second-order valence-electron chi connectivity index (χ2n) is 8.37. The van der Waals surface area contributed by atoms with Crippen LogP contribution in [0.1, 0.15) is 25.7 Å². The smallest absolute Gasteiger partial charge is 0.296 e. The zero-order valence-electron chi connectivity index (χ0n) is 17.7. The van der Waals surface area contributed by atoms with E-state index in [1.807, 2.05) is 18.2 Å². The van der Waals surface area contributed by atoms with Crippen molar-refractivity contribution in [3.05, 3.63) is 35.4 Å². The molecule has 9 heteroatoms. The van der Waals surface area contributed by atoms with Crippen LogP contribution in [0.5, 0.6) is 6.01 Å². The second-order valence-corrected chi connectivity index (χ2v) is 8.78. The number of carbonyl (C=O) groups is 1. The van der Waals surface area contributed by atoms with Crippen molar-refractivity contribution in [2.75, 3.05) is 31.2 Å². The molecule has 0 unspecified atom stereocenters. The summed E-state index contributed by atoms with van der Waals surface area (Å²) in [6, 6.07) is 10.5. The second kappa shape index (κ2) is 8.96. The Hall–Kier alpha value is -2.84. The summed E-state index contributed by atoms with van der Waals surface area (Å²) in [5.74, 6) is -0.278. The number of ether oxygens (including phenoxy) is 2. The molecule has 1 amide bonds. The molecule has 1 saturated heterocycles. The highest BCUT2D eigenvalue weighted by Crippen LogP contribution is 2.32. The summed E-state index contributed by atoms with van der Waals surface area (Å²) in [5.41, 5.74) is 9.48. The molecule has 8 nitrogen and oxygen atoms in total. The van der Waals surface area contributed by atoms with E-state index in [1.54, 1.807) is 0 Å². The van der Waals surface area contributed by atoms with Crippen LogP contribution in [0.3, 0.4) is 0 Å². The number of aromatic nitrogens is 3. The lowest BCUT2D eigenvalue weighted by molar-refractivity contribution is -0.123. The predicted molar refractivity (Wildman–Crippen MR) is 123 cm³/mol. The number of aromatic amines is 1. The Morgan fingerprint density at radius 2 is 1.84 bits per heavy atom. The fourth-order valence-corrected chi connectivity index (χ4v) is 4.69. The highest BCUT2D eigenvalue weighted by Gasteiger charge is 2.26. The van der Waals surface area contributed by atoms with E-state index < -0.39 is 0 Å². The molecule has 1 aliphatic heterocycles. The molecule has 0 bridgehead atoms. The first-order valence-corrected chi connectivity index (χ1v) is 11.4. The number of anilines is 1.